The molecule has 1 aromatic rings. The minimum Gasteiger partial charge on any atom is -0.543 e. The number of benzene rings is 1. The second kappa shape index (κ2) is 8.54. The normalized spacial score (nSPS) is 11.2. The zero-order chi connectivity index (χ0) is 15.9. The Morgan fingerprint density at radius 1 is 1.19 bits per heavy atom. The van der Waals surface area contributed by atoms with Gasteiger partial charge in [-0.3, -0.25) is 4.79 Å². The van der Waals surface area contributed by atoms with E-state index in [-0.39, 0.29) is 5.78 Å². The number of hydrogen-bond acceptors (Lipinski definition) is 2. The molecule has 4 heteroatoms. The van der Waals surface area contributed by atoms with Crippen molar-refractivity contribution >= 4 is 35.6 Å². The second-order valence-electron chi connectivity index (χ2n) is 5.18. The van der Waals surface area contributed by atoms with Crippen molar-refractivity contribution in [3.63, 3.8) is 0 Å². The van der Waals surface area contributed by atoms with Crippen LogP contribution in [0, 0.1) is 0 Å². The van der Waals surface area contributed by atoms with Crippen LogP contribution in [0.2, 0.25) is 18.1 Å². The maximum Gasteiger partial charge on any atom is 0.250 e. The number of carbonyl (C=O) groups excluding carboxylic acids is 1. The number of halogens is 1. The molecule has 0 spiro atoms. The van der Waals surface area contributed by atoms with Gasteiger partial charge in [0.05, 0.1) is 0 Å². The lowest BCUT2D eigenvalue weighted by Crippen LogP contribution is -2.39. The lowest BCUT2D eigenvalue weighted by molar-refractivity contribution is -0.113. The fourth-order valence-corrected chi connectivity index (χ4v) is 5.33. The van der Waals surface area contributed by atoms with E-state index in [9.17, 15) is 4.79 Å². The van der Waals surface area contributed by atoms with Crippen LogP contribution in [0.25, 0.3) is 5.57 Å². The summed E-state index contributed by atoms with van der Waals surface area (Å²) in [5.41, 5.74) is 1.40. The van der Waals surface area contributed by atoms with E-state index in [2.05, 4.69) is 43.3 Å². The van der Waals surface area contributed by atoms with Gasteiger partial charge in [-0.25, -0.2) is 0 Å². The van der Waals surface area contributed by atoms with Crippen LogP contribution in [0.5, 0.6) is 5.75 Å². The van der Waals surface area contributed by atoms with Crippen molar-refractivity contribution in [1.82, 2.24) is 0 Å². The highest BCUT2D eigenvalue weighted by Gasteiger charge is 2.31. The van der Waals surface area contributed by atoms with Crippen LogP contribution in [0.4, 0.5) is 0 Å². The van der Waals surface area contributed by atoms with Crippen molar-refractivity contribution < 1.29 is 9.22 Å². The molecule has 1 aromatic carbocycles. The second-order valence-corrected chi connectivity index (χ2v) is 10.7. The molecule has 0 aliphatic heterocycles. The first-order valence-electron chi connectivity index (χ1n) is 7.60. The number of hydrogen-bond donors (Lipinski definition) is 0. The van der Waals surface area contributed by atoms with Gasteiger partial charge < -0.3 is 4.43 Å². The van der Waals surface area contributed by atoms with Crippen molar-refractivity contribution in [3.8, 4) is 5.75 Å². The van der Waals surface area contributed by atoms with Gasteiger partial charge in [0, 0.05) is 22.9 Å². The van der Waals surface area contributed by atoms with Crippen LogP contribution in [0.3, 0.4) is 0 Å². The Hall–Kier alpha value is -0.873. The predicted octanol–water partition coefficient (Wildman–Crippen LogP) is 5.44. The monoisotopic (exact) mass is 368 g/mol. The number of rotatable bonds is 9. The van der Waals surface area contributed by atoms with E-state index in [4.69, 9.17) is 4.43 Å². The van der Waals surface area contributed by atoms with E-state index >= 15 is 0 Å². The summed E-state index contributed by atoms with van der Waals surface area (Å²) in [4.78, 5) is 12.1. The number of Topliss-reactive ketones (excluding diaryl/α,β-unsaturated/α-hetero) is 1. The van der Waals surface area contributed by atoms with Crippen molar-refractivity contribution in [2.45, 2.75) is 45.3 Å². The number of para-hydroxylation sites is 1. The number of carbonyl (C=O) groups is 1. The maximum absolute atomic E-state index is 12.1. The zero-order valence-corrected chi connectivity index (χ0v) is 15.8. The van der Waals surface area contributed by atoms with E-state index in [0.29, 0.717) is 17.3 Å². The van der Waals surface area contributed by atoms with Crippen molar-refractivity contribution in [3.05, 3.63) is 36.4 Å². The summed E-state index contributed by atoms with van der Waals surface area (Å²) in [6.07, 6.45) is 0.463. The molecule has 0 atom stereocenters. The van der Waals surface area contributed by atoms with E-state index in [1.807, 2.05) is 24.3 Å². The van der Waals surface area contributed by atoms with Gasteiger partial charge in [-0.1, -0.05) is 61.5 Å². The van der Waals surface area contributed by atoms with Crippen LogP contribution in [-0.4, -0.2) is 19.4 Å². The largest absolute Gasteiger partial charge is 0.543 e. The third kappa shape index (κ3) is 4.55. The molecule has 1 rings (SSSR count). The van der Waals surface area contributed by atoms with Crippen LogP contribution in [-0.2, 0) is 4.79 Å². The van der Waals surface area contributed by atoms with Gasteiger partial charge in [0.15, 0.2) is 5.78 Å². The number of allylic oxidation sites excluding steroid dienone is 1. The molecule has 0 saturated heterocycles. The summed E-state index contributed by atoms with van der Waals surface area (Å²) in [5.74, 6) is 0.891. The number of alkyl halides is 1. The Bertz CT molecular complexity index is 487. The van der Waals surface area contributed by atoms with Gasteiger partial charge in [0.1, 0.15) is 5.75 Å². The minimum atomic E-state index is -1.75. The Morgan fingerprint density at radius 3 is 2.29 bits per heavy atom. The molecule has 0 aliphatic carbocycles. The summed E-state index contributed by atoms with van der Waals surface area (Å²) >= 11 is 3.31. The van der Waals surface area contributed by atoms with Crippen LogP contribution in [0.1, 0.15) is 32.8 Å². The van der Waals surface area contributed by atoms with Crippen molar-refractivity contribution in [2.24, 2.45) is 0 Å². The van der Waals surface area contributed by atoms with Crippen molar-refractivity contribution in [1.29, 1.82) is 0 Å². The molecule has 0 N–H and O–H groups in total. The van der Waals surface area contributed by atoms with Crippen LogP contribution in [0.15, 0.2) is 30.8 Å². The van der Waals surface area contributed by atoms with E-state index < -0.39 is 8.32 Å². The molecule has 21 heavy (non-hydrogen) atoms. The van der Waals surface area contributed by atoms with Gasteiger partial charge in [-0.05, 0) is 24.2 Å². The first kappa shape index (κ1) is 18.2. The summed E-state index contributed by atoms with van der Waals surface area (Å²) in [5, 5.41) is 0.658. The zero-order valence-electron chi connectivity index (χ0n) is 13.2. The van der Waals surface area contributed by atoms with E-state index in [0.717, 1.165) is 29.4 Å². The van der Waals surface area contributed by atoms with Crippen molar-refractivity contribution in [2.75, 3.05) is 5.33 Å². The summed E-state index contributed by atoms with van der Waals surface area (Å²) in [6.45, 7) is 10.6. The smallest absolute Gasteiger partial charge is 0.250 e. The lowest BCUT2D eigenvalue weighted by Gasteiger charge is -2.30. The molecule has 0 fully saturated rings. The topological polar surface area (TPSA) is 26.3 Å². The maximum atomic E-state index is 12.1. The third-order valence-electron chi connectivity index (χ3n) is 4.13. The molecule has 0 unspecified atom stereocenters. The average Bonchev–Trinajstić information content (AvgIpc) is 2.52. The lowest BCUT2D eigenvalue weighted by atomic mass is 10.0. The van der Waals surface area contributed by atoms with Gasteiger partial charge in [-0.2, -0.15) is 0 Å². The highest BCUT2D eigenvalue weighted by molar-refractivity contribution is 9.09. The highest BCUT2D eigenvalue weighted by Crippen LogP contribution is 2.32. The molecule has 0 aromatic heterocycles. The summed E-state index contributed by atoms with van der Waals surface area (Å²) < 4.78 is 6.44. The fourth-order valence-electron chi connectivity index (χ4n) is 2.39. The standard InChI is InChI=1S/C17H25BrO2Si/c1-5-21(6-2,7-3)20-17-11-9-8-10-15(17)14(4)16(19)12-13-18/h8-11H,4-7,12-13H2,1-3H3. The molecule has 0 saturated carbocycles. The Kier molecular flexibility index (Phi) is 7.39. The van der Waals surface area contributed by atoms with E-state index in [1.54, 1.807) is 0 Å². The molecule has 0 bridgehead atoms. The molecular weight excluding hydrogens is 344 g/mol. The minimum absolute atomic E-state index is 0.0692. The molecule has 2 nitrogen and oxygen atoms in total. The number of ketones is 1. The van der Waals surface area contributed by atoms with Crippen LogP contribution < -0.4 is 4.43 Å². The Labute approximate surface area is 137 Å². The first-order chi connectivity index (χ1) is 10.0. The van der Waals surface area contributed by atoms with Gasteiger partial charge in [0.25, 0.3) is 8.32 Å². The Morgan fingerprint density at radius 2 is 1.76 bits per heavy atom. The average molecular weight is 369 g/mol. The molecule has 0 radical (unpaired) electrons. The highest BCUT2D eigenvalue weighted by atomic mass is 79.9. The molecule has 116 valence electrons. The molecular formula is C17H25BrO2Si. The molecule has 0 heterocycles. The third-order valence-corrected chi connectivity index (χ3v) is 9.05. The summed E-state index contributed by atoms with van der Waals surface area (Å²) in [6, 6.07) is 11.0. The first-order valence-corrected chi connectivity index (χ1v) is 11.2. The van der Waals surface area contributed by atoms with E-state index in [1.165, 1.54) is 0 Å². The Balaban J connectivity index is 3.10. The SMILES string of the molecule is C=C(C(=O)CCBr)c1ccccc1O[Si](CC)(CC)CC. The van der Waals surface area contributed by atoms with Gasteiger partial charge >= 0.3 is 0 Å². The van der Waals surface area contributed by atoms with Crippen LogP contribution >= 0.6 is 15.9 Å². The van der Waals surface area contributed by atoms with Gasteiger partial charge in [0.2, 0.25) is 0 Å². The predicted molar refractivity (Wildman–Crippen MR) is 96.7 cm³/mol. The fraction of sp³-hybridized carbons (Fsp3) is 0.471. The van der Waals surface area contributed by atoms with Gasteiger partial charge in [-0.15, -0.1) is 0 Å². The molecule has 0 aliphatic rings. The quantitative estimate of drug-likeness (QED) is 0.329. The summed E-state index contributed by atoms with van der Waals surface area (Å²) in [7, 11) is -1.75. The molecule has 0 amide bonds.